The van der Waals surface area contributed by atoms with Gasteiger partial charge in [-0.1, -0.05) is 0 Å². The van der Waals surface area contributed by atoms with E-state index in [9.17, 15) is 46.1 Å². The molecular formula is C25H23BrF6N4O6S. The Kier molecular flexibility index (Phi) is 10.1. The molecule has 0 saturated heterocycles. The van der Waals surface area contributed by atoms with Gasteiger partial charge in [0, 0.05) is 21.8 Å². The smallest absolute Gasteiger partial charge is 0.417 e. The van der Waals surface area contributed by atoms with Crippen molar-refractivity contribution in [3.8, 4) is 0 Å². The molecule has 0 bridgehead atoms. The third-order valence-electron chi connectivity index (χ3n) is 6.23. The lowest BCUT2D eigenvalue weighted by atomic mass is 10.2. The van der Waals surface area contributed by atoms with Gasteiger partial charge in [0.05, 0.1) is 36.5 Å². The minimum atomic E-state index is -4.61. The van der Waals surface area contributed by atoms with Crippen molar-refractivity contribution < 1.29 is 55.6 Å². The van der Waals surface area contributed by atoms with Gasteiger partial charge >= 0.3 is 12.4 Å². The fraction of sp³-hybridized carbons (Fsp3) is 0.360. The number of aromatic nitrogens is 2. The number of carbonyl (C=O) groups excluding carboxylic acids is 2. The summed E-state index contributed by atoms with van der Waals surface area (Å²) in [4.78, 5) is 33.2. The van der Waals surface area contributed by atoms with Crippen LogP contribution in [0.25, 0.3) is 0 Å². The van der Waals surface area contributed by atoms with E-state index < -0.39 is 47.7 Å². The van der Waals surface area contributed by atoms with Gasteiger partial charge in [-0.25, -0.2) is 9.97 Å². The number of thioether (sulfide) groups is 1. The first kappa shape index (κ1) is 34.1. The molecule has 2 aliphatic rings. The van der Waals surface area contributed by atoms with E-state index in [1.165, 1.54) is 34.3 Å². The molecule has 0 radical (unpaired) electrons. The third kappa shape index (κ3) is 6.61. The Morgan fingerprint density at radius 3 is 1.56 bits per heavy atom. The molecule has 43 heavy (non-hydrogen) atoms. The number of hydrogen-bond donors (Lipinski definition) is 2. The first-order valence-electron chi connectivity index (χ1n) is 11.8. The Morgan fingerprint density at radius 2 is 1.21 bits per heavy atom. The number of alkyl halides is 6. The van der Waals surface area contributed by atoms with Crippen LogP contribution in [0.4, 0.5) is 38.0 Å². The van der Waals surface area contributed by atoms with Crippen molar-refractivity contribution in [1.82, 2.24) is 9.97 Å². The lowest BCUT2D eigenvalue weighted by Gasteiger charge is -2.22. The number of methoxy groups -OCH3 is 2. The van der Waals surface area contributed by atoms with Crippen molar-refractivity contribution in [2.24, 2.45) is 0 Å². The van der Waals surface area contributed by atoms with Crippen LogP contribution in [0.2, 0.25) is 0 Å². The molecular weight excluding hydrogens is 678 g/mol. The van der Waals surface area contributed by atoms with Gasteiger partial charge < -0.3 is 19.7 Å². The van der Waals surface area contributed by atoms with Crippen LogP contribution in [0.3, 0.4) is 0 Å². The first-order chi connectivity index (χ1) is 19.9. The SMILES string of the molecule is COC1=C(C)C(=O)N(c2cc(C(F)(F)F)c(Br)cn2)C1O.COC1=C(C)C(=O)N(c2cc(C(F)(F)F)c(SC)cn2)C1O. The molecule has 10 nitrogen and oxygen atoms in total. The predicted octanol–water partition coefficient (Wildman–Crippen LogP) is 4.86. The van der Waals surface area contributed by atoms with E-state index in [-0.39, 0.29) is 43.7 Å². The van der Waals surface area contributed by atoms with Gasteiger partial charge in [-0.3, -0.25) is 19.4 Å². The predicted molar refractivity (Wildman–Crippen MR) is 144 cm³/mol. The molecule has 18 heteroatoms. The number of aliphatic hydroxyl groups is 2. The van der Waals surface area contributed by atoms with E-state index >= 15 is 0 Å². The first-order valence-corrected chi connectivity index (χ1v) is 13.8. The fourth-order valence-corrected chi connectivity index (χ4v) is 5.11. The molecule has 4 heterocycles. The molecule has 2 amide bonds. The van der Waals surface area contributed by atoms with Gasteiger partial charge in [-0.2, -0.15) is 26.3 Å². The van der Waals surface area contributed by atoms with Gasteiger partial charge in [-0.15, -0.1) is 11.8 Å². The summed E-state index contributed by atoms with van der Waals surface area (Å²) in [7, 11) is 2.53. The topological polar surface area (TPSA) is 125 Å². The van der Waals surface area contributed by atoms with Gasteiger partial charge in [0.15, 0.2) is 24.0 Å². The monoisotopic (exact) mass is 700 g/mol. The summed E-state index contributed by atoms with van der Waals surface area (Å²) in [6.07, 6.45) is -8.74. The third-order valence-corrected chi connectivity index (χ3v) is 7.63. The van der Waals surface area contributed by atoms with Crippen LogP contribution in [0.5, 0.6) is 0 Å². The van der Waals surface area contributed by atoms with Gasteiger partial charge in [0.2, 0.25) is 0 Å². The summed E-state index contributed by atoms with van der Waals surface area (Å²) in [6, 6.07) is 1.44. The highest BCUT2D eigenvalue weighted by molar-refractivity contribution is 9.10. The number of rotatable bonds is 5. The number of nitrogens with zero attached hydrogens (tertiary/aromatic N) is 4. The van der Waals surface area contributed by atoms with Crippen LogP contribution in [-0.2, 0) is 31.4 Å². The van der Waals surface area contributed by atoms with Crippen LogP contribution in [0, 0.1) is 0 Å². The highest BCUT2D eigenvalue weighted by atomic mass is 79.9. The van der Waals surface area contributed by atoms with E-state index in [0.29, 0.717) is 6.07 Å². The fourth-order valence-electron chi connectivity index (χ4n) is 4.12. The maximum absolute atomic E-state index is 13.1. The average Bonchev–Trinajstić information content (AvgIpc) is 3.28. The molecule has 0 saturated carbocycles. The number of hydrogen-bond acceptors (Lipinski definition) is 9. The molecule has 2 N–H and O–H groups in total. The highest BCUT2D eigenvalue weighted by Gasteiger charge is 2.42. The Labute approximate surface area is 253 Å². The van der Waals surface area contributed by atoms with Gasteiger partial charge in [0.25, 0.3) is 11.8 Å². The summed E-state index contributed by atoms with van der Waals surface area (Å²) in [5.74, 6) is -1.93. The second kappa shape index (κ2) is 12.7. The lowest BCUT2D eigenvalue weighted by molar-refractivity contribution is -0.140. The maximum atomic E-state index is 13.1. The van der Waals surface area contributed by atoms with Crippen molar-refractivity contribution in [2.75, 3.05) is 30.3 Å². The molecule has 2 aliphatic heterocycles. The summed E-state index contributed by atoms with van der Waals surface area (Å²) >= 11 is 3.66. The number of ether oxygens (including phenoxy) is 2. The Balaban J connectivity index is 0.000000236. The second-order valence-electron chi connectivity index (χ2n) is 8.75. The summed E-state index contributed by atoms with van der Waals surface area (Å²) in [5, 5.41) is 20.1. The standard InChI is InChI=1S/C13H13F3N2O3S.C12H10BrF3N2O3/c1-6-10(21-2)12(20)18(11(6)19)9-4-7(13(14,15)16)8(22-3)5-17-9;1-5-9(21-2)11(20)18(10(5)19)8-3-6(12(14,15)16)7(13)4-17-8/h4-5,12,20H,1-3H3;3-4,11,20H,1-2H3. The minimum absolute atomic E-state index is 0.00528. The summed E-state index contributed by atoms with van der Waals surface area (Å²) in [5.41, 5.74) is -1.66. The molecule has 2 aromatic rings. The molecule has 0 spiro atoms. The van der Waals surface area contributed by atoms with Crippen LogP contribution in [-0.4, -0.2) is 64.9 Å². The van der Waals surface area contributed by atoms with Crippen LogP contribution in [0.1, 0.15) is 25.0 Å². The molecule has 2 atom stereocenters. The Bertz CT molecular complexity index is 1500. The number of halogens is 7. The van der Waals surface area contributed by atoms with E-state index in [1.54, 1.807) is 0 Å². The number of pyridine rings is 2. The van der Waals surface area contributed by atoms with Crippen LogP contribution in [0.15, 0.2) is 56.6 Å². The van der Waals surface area contributed by atoms with Gasteiger partial charge in [-0.05, 0) is 48.2 Å². The molecule has 234 valence electrons. The van der Waals surface area contributed by atoms with E-state index in [4.69, 9.17) is 9.47 Å². The number of aliphatic hydroxyl groups excluding tert-OH is 2. The van der Waals surface area contributed by atoms with E-state index in [0.717, 1.165) is 40.0 Å². The Hall–Kier alpha value is -3.35. The average molecular weight is 701 g/mol. The van der Waals surface area contributed by atoms with Crippen molar-refractivity contribution in [3.05, 3.63) is 62.8 Å². The van der Waals surface area contributed by atoms with E-state index in [2.05, 4.69) is 25.9 Å². The largest absolute Gasteiger partial charge is 0.496 e. The molecule has 0 aromatic carbocycles. The zero-order valence-electron chi connectivity index (χ0n) is 22.8. The summed E-state index contributed by atoms with van der Waals surface area (Å²) in [6.45, 7) is 2.83. The van der Waals surface area contributed by atoms with Crippen LogP contribution >= 0.6 is 27.7 Å². The maximum Gasteiger partial charge on any atom is 0.417 e. The second-order valence-corrected chi connectivity index (χ2v) is 10.4. The normalized spacial score (nSPS) is 19.3. The molecule has 0 fully saturated rings. The Morgan fingerprint density at radius 1 is 0.814 bits per heavy atom. The lowest BCUT2D eigenvalue weighted by Crippen LogP contribution is -2.36. The van der Waals surface area contributed by atoms with Gasteiger partial charge in [0.1, 0.15) is 11.6 Å². The molecule has 2 unspecified atom stereocenters. The van der Waals surface area contributed by atoms with Crippen molar-refractivity contribution >= 4 is 51.1 Å². The number of amides is 2. The number of carbonyl (C=O) groups is 2. The number of anilines is 2. The quantitative estimate of drug-likeness (QED) is 0.333. The zero-order chi connectivity index (χ0) is 32.6. The van der Waals surface area contributed by atoms with Crippen molar-refractivity contribution in [1.29, 1.82) is 0 Å². The van der Waals surface area contributed by atoms with Crippen LogP contribution < -0.4 is 9.80 Å². The minimum Gasteiger partial charge on any atom is -0.496 e. The highest BCUT2D eigenvalue weighted by Crippen LogP contribution is 2.40. The van der Waals surface area contributed by atoms with Crippen molar-refractivity contribution in [2.45, 2.75) is 43.6 Å². The van der Waals surface area contributed by atoms with E-state index in [1.807, 2.05) is 0 Å². The zero-order valence-corrected chi connectivity index (χ0v) is 25.2. The molecule has 4 rings (SSSR count). The van der Waals surface area contributed by atoms with Crippen molar-refractivity contribution in [3.63, 3.8) is 0 Å². The summed E-state index contributed by atoms with van der Waals surface area (Å²) < 4.78 is 87.4. The molecule has 2 aromatic heterocycles. The molecule has 0 aliphatic carbocycles.